The summed E-state index contributed by atoms with van der Waals surface area (Å²) < 4.78 is 1.09. The summed E-state index contributed by atoms with van der Waals surface area (Å²) in [6.07, 6.45) is 1.94. The van der Waals surface area contributed by atoms with Gasteiger partial charge in [-0.05, 0) is 40.9 Å². The standard InChI is InChI=1S/C15H18BrN3/c1-10-3-4-12-14(11(10)2)18-9-13(16)15(12)19-7-5-17-6-8-19/h3-4,9,17H,5-8H2,1-2H3. The van der Waals surface area contributed by atoms with E-state index < -0.39 is 0 Å². The lowest BCUT2D eigenvalue weighted by atomic mass is 10.0. The van der Waals surface area contributed by atoms with Crippen LogP contribution < -0.4 is 10.2 Å². The molecule has 2 aromatic rings. The Morgan fingerprint density at radius 1 is 1.21 bits per heavy atom. The quantitative estimate of drug-likeness (QED) is 0.875. The third-order valence-corrected chi connectivity index (χ3v) is 4.50. The van der Waals surface area contributed by atoms with Gasteiger partial charge in [0.25, 0.3) is 0 Å². The van der Waals surface area contributed by atoms with Gasteiger partial charge in [-0.25, -0.2) is 0 Å². The Labute approximate surface area is 122 Å². The summed E-state index contributed by atoms with van der Waals surface area (Å²) >= 11 is 3.67. The van der Waals surface area contributed by atoms with Crippen LogP contribution in [-0.2, 0) is 0 Å². The average Bonchev–Trinajstić information content (AvgIpc) is 2.44. The highest BCUT2D eigenvalue weighted by Crippen LogP contribution is 2.35. The molecule has 3 nitrogen and oxygen atoms in total. The molecular formula is C15H18BrN3. The zero-order chi connectivity index (χ0) is 13.4. The summed E-state index contributed by atoms with van der Waals surface area (Å²) in [4.78, 5) is 7.05. The Hall–Kier alpha value is -1.13. The van der Waals surface area contributed by atoms with Crippen molar-refractivity contribution in [2.75, 3.05) is 31.1 Å². The van der Waals surface area contributed by atoms with Crippen molar-refractivity contribution in [3.8, 4) is 0 Å². The molecular weight excluding hydrogens is 302 g/mol. The fraction of sp³-hybridized carbons (Fsp3) is 0.400. The lowest BCUT2D eigenvalue weighted by molar-refractivity contribution is 0.589. The summed E-state index contributed by atoms with van der Waals surface area (Å²) in [5.41, 5.74) is 4.99. The molecule has 3 rings (SSSR count). The summed E-state index contributed by atoms with van der Waals surface area (Å²) in [6, 6.07) is 4.39. The Bertz CT molecular complexity index is 618. The number of nitrogens with zero attached hydrogens (tertiary/aromatic N) is 2. The van der Waals surface area contributed by atoms with Gasteiger partial charge in [0, 0.05) is 37.8 Å². The van der Waals surface area contributed by atoms with E-state index in [1.54, 1.807) is 0 Å². The predicted octanol–water partition coefficient (Wildman–Crippen LogP) is 3.02. The summed E-state index contributed by atoms with van der Waals surface area (Å²) in [5.74, 6) is 0. The number of anilines is 1. The smallest absolute Gasteiger partial charge is 0.0755 e. The second kappa shape index (κ2) is 5.10. The number of hydrogen-bond donors (Lipinski definition) is 1. The van der Waals surface area contributed by atoms with Crippen molar-refractivity contribution in [2.24, 2.45) is 0 Å². The zero-order valence-electron chi connectivity index (χ0n) is 11.3. The molecule has 4 heteroatoms. The molecule has 0 aliphatic carbocycles. The van der Waals surface area contributed by atoms with Crippen LogP contribution in [0.5, 0.6) is 0 Å². The van der Waals surface area contributed by atoms with Crippen molar-refractivity contribution >= 4 is 32.5 Å². The van der Waals surface area contributed by atoms with E-state index in [1.165, 1.54) is 22.2 Å². The fourth-order valence-corrected chi connectivity index (χ4v) is 3.25. The highest BCUT2D eigenvalue weighted by molar-refractivity contribution is 9.10. The van der Waals surface area contributed by atoms with E-state index in [1.807, 2.05) is 6.20 Å². The van der Waals surface area contributed by atoms with Crippen molar-refractivity contribution in [3.63, 3.8) is 0 Å². The highest BCUT2D eigenvalue weighted by Gasteiger charge is 2.17. The minimum Gasteiger partial charge on any atom is -0.367 e. The number of benzene rings is 1. The van der Waals surface area contributed by atoms with E-state index in [-0.39, 0.29) is 0 Å². The zero-order valence-corrected chi connectivity index (χ0v) is 12.9. The Kier molecular flexibility index (Phi) is 3.46. The van der Waals surface area contributed by atoms with Crippen LogP contribution in [0.4, 0.5) is 5.69 Å². The Morgan fingerprint density at radius 3 is 2.68 bits per heavy atom. The van der Waals surface area contributed by atoms with Crippen molar-refractivity contribution in [2.45, 2.75) is 13.8 Å². The van der Waals surface area contributed by atoms with Crippen molar-refractivity contribution in [3.05, 3.63) is 33.9 Å². The van der Waals surface area contributed by atoms with Gasteiger partial charge in [-0.1, -0.05) is 12.1 Å². The first-order valence-corrected chi connectivity index (χ1v) is 7.48. The first-order valence-electron chi connectivity index (χ1n) is 6.68. The molecule has 1 aromatic heterocycles. The number of halogens is 1. The largest absolute Gasteiger partial charge is 0.367 e. The van der Waals surface area contributed by atoms with Crippen LogP contribution in [0, 0.1) is 13.8 Å². The number of aromatic nitrogens is 1. The molecule has 1 aromatic carbocycles. The first kappa shape index (κ1) is 12.9. The normalized spacial score (nSPS) is 16.1. The fourth-order valence-electron chi connectivity index (χ4n) is 2.68. The molecule has 19 heavy (non-hydrogen) atoms. The van der Waals surface area contributed by atoms with Gasteiger partial charge in [-0.15, -0.1) is 0 Å². The van der Waals surface area contributed by atoms with Gasteiger partial charge in [0.2, 0.25) is 0 Å². The third-order valence-electron chi connectivity index (χ3n) is 3.92. The number of aryl methyl sites for hydroxylation is 2. The van der Waals surface area contributed by atoms with Gasteiger partial charge in [0.1, 0.15) is 0 Å². The minimum absolute atomic E-state index is 1.04. The van der Waals surface area contributed by atoms with E-state index in [2.05, 4.69) is 57.1 Å². The topological polar surface area (TPSA) is 28.2 Å². The SMILES string of the molecule is Cc1ccc2c(N3CCNCC3)c(Br)cnc2c1C. The average molecular weight is 320 g/mol. The van der Waals surface area contributed by atoms with Crippen LogP contribution in [0.15, 0.2) is 22.8 Å². The molecule has 2 heterocycles. The van der Waals surface area contributed by atoms with Crippen molar-refractivity contribution < 1.29 is 0 Å². The highest BCUT2D eigenvalue weighted by atomic mass is 79.9. The molecule has 1 aliphatic heterocycles. The van der Waals surface area contributed by atoms with Crippen molar-refractivity contribution in [1.29, 1.82) is 0 Å². The molecule has 0 spiro atoms. The number of pyridine rings is 1. The molecule has 0 amide bonds. The minimum atomic E-state index is 1.04. The van der Waals surface area contributed by atoms with Gasteiger partial charge < -0.3 is 10.2 Å². The van der Waals surface area contributed by atoms with Crippen LogP contribution in [0.3, 0.4) is 0 Å². The molecule has 1 fully saturated rings. The third kappa shape index (κ3) is 2.23. The summed E-state index contributed by atoms with van der Waals surface area (Å²) in [5, 5.41) is 4.65. The lowest BCUT2D eigenvalue weighted by Crippen LogP contribution is -2.43. The molecule has 1 N–H and O–H groups in total. The van der Waals surface area contributed by atoms with Gasteiger partial charge in [0.05, 0.1) is 15.7 Å². The Morgan fingerprint density at radius 2 is 1.95 bits per heavy atom. The van der Waals surface area contributed by atoms with E-state index in [0.29, 0.717) is 0 Å². The maximum absolute atomic E-state index is 4.61. The van der Waals surface area contributed by atoms with Gasteiger partial charge in [-0.3, -0.25) is 4.98 Å². The molecule has 1 aliphatic rings. The van der Waals surface area contributed by atoms with E-state index >= 15 is 0 Å². The molecule has 1 saturated heterocycles. The van der Waals surface area contributed by atoms with E-state index in [4.69, 9.17) is 0 Å². The lowest BCUT2D eigenvalue weighted by Gasteiger charge is -2.31. The van der Waals surface area contributed by atoms with Crippen LogP contribution >= 0.6 is 15.9 Å². The van der Waals surface area contributed by atoms with E-state index in [9.17, 15) is 0 Å². The number of nitrogens with one attached hydrogen (secondary N) is 1. The van der Waals surface area contributed by atoms with Gasteiger partial charge in [-0.2, -0.15) is 0 Å². The molecule has 0 bridgehead atoms. The predicted molar refractivity (Wildman–Crippen MR) is 84.0 cm³/mol. The van der Waals surface area contributed by atoms with E-state index in [0.717, 1.165) is 36.2 Å². The molecule has 0 atom stereocenters. The van der Waals surface area contributed by atoms with Crippen LogP contribution in [-0.4, -0.2) is 31.2 Å². The monoisotopic (exact) mass is 319 g/mol. The number of hydrogen-bond acceptors (Lipinski definition) is 3. The molecule has 100 valence electrons. The maximum atomic E-state index is 4.61. The summed E-state index contributed by atoms with van der Waals surface area (Å²) in [7, 11) is 0. The number of fused-ring (bicyclic) bond motifs is 1. The second-order valence-corrected chi connectivity index (χ2v) is 5.95. The number of piperazine rings is 1. The Balaban J connectivity index is 2.21. The molecule has 0 saturated carbocycles. The first-order chi connectivity index (χ1) is 9.18. The number of rotatable bonds is 1. The molecule has 0 radical (unpaired) electrons. The van der Waals surface area contributed by atoms with Gasteiger partial charge >= 0.3 is 0 Å². The second-order valence-electron chi connectivity index (χ2n) is 5.10. The van der Waals surface area contributed by atoms with Crippen LogP contribution in [0.2, 0.25) is 0 Å². The summed E-state index contributed by atoms with van der Waals surface area (Å²) in [6.45, 7) is 8.47. The van der Waals surface area contributed by atoms with Crippen LogP contribution in [0.25, 0.3) is 10.9 Å². The van der Waals surface area contributed by atoms with Crippen molar-refractivity contribution in [1.82, 2.24) is 10.3 Å². The maximum Gasteiger partial charge on any atom is 0.0755 e. The molecule has 0 unspecified atom stereocenters. The van der Waals surface area contributed by atoms with Gasteiger partial charge in [0.15, 0.2) is 0 Å². The van der Waals surface area contributed by atoms with Crippen LogP contribution in [0.1, 0.15) is 11.1 Å².